The Hall–Kier alpha value is -0.650. The van der Waals surface area contributed by atoms with E-state index in [2.05, 4.69) is 35.8 Å². The lowest BCUT2D eigenvalue weighted by Crippen LogP contribution is -2.24. The van der Waals surface area contributed by atoms with Crippen LogP contribution in [0.1, 0.15) is 0 Å². The average molecular weight is 257 g/mol. The summed E-state index contributed by atoms with van der Waals surface area (Å²) >= 11 is 3.45. The largest absolute Gasteiger partial charge is 0.480 e. The Morgan fingerprint density at radius 1 is 1.31 bits per heavy atom. The van der Waals surface area contributed by atoms with Crippen LogP contribution in [0.2, 0.25) is 0 Å². The molecule has 5 heteroatoms. The van der Waals surface area contributed by atoms with Gasteiger partial charge in [-0.25, -0.2) is 0 Å². The lowest BCUT2D eigenvalue weighted by atomic mass is 10.4. The van der Waals surface area contributed by atoms with Gasteiger partial charge in [-0.3, -0.25) is 4.79 Å². The van der Waals surface area contributed by atoms with Crippen molar-refractivity contribution in [3.8, 4) is 0 Å². The third-order valence-electron chi connectivity index (χ3n) is 1.88. The Morgan fingerprint density at radius 2 is 1.94 bits per heavy atom. The molecule has 0 spiro atoms. The summed E-state index contributed by atoms with van der Waals surface area (Å²) in [6.07, 6.45) is 2.05. The Balaban J connectivity index is 2.19. The summed E-state index contributed by atoms with van der Waals surface area (Å²) in [5.74, 6) is 0.0700. The second-order valence-corrected chi connectivity index (χ2v) is 5.14. The summed E-state index contributed by atoms with van der Waals surface area (Å²) in [7, 11) is 0. The smallest absolute Gasteiger partial charge is 0.317 e. The van der Waals surface area contributed by atoms with Gasteiger partial charge in [0.05, 0.1) is 6.54 Å². The van der Waals surface area contributed by atoms with Crippen LogP contribution in [-0.2, 0) is 4.79 Å². The third kappa shape index (κ3) is 5.44. The molecule has 2 N–H and O–H groups in total. The van der Waals surface area contributed by atoms with Crippen molar-refractivity contribution in [1.29, 1.82) is 0 Å². The highest BCUT2D eigenvalue weighted by atomic mass is 32.2. The van der Waals surface area contributed by atoms with Crippen LogP contribution in [0.5, 0.6) is 0 Å². The van der Waals surface area contributed by atoms with Crippen LogP contribution in [0.4, 0.5) is 0 Å². The fraction of sp³-hybridized carbons (Fsp3) is 0.364. The highest BCUT2D eigenvalue weighted by Crippen LogP contribution is 2.21. The van der Waals surface area contributed by atoms with Crippen LogP contribution in [0.25, 0.3) is 0 Å². The molecule has 1 rings (SSSR count). The van der Waals surface area contributed by atoms with E-state index in [1.165, 1.54) is 9.79 Å². The molecule has 0 amide bonds. The van der Waals surface area contributed by atoms with Crippen LogP contribution < -0.4 is 5.32 Å². The molecule has 16 heavy (non-hydrogen) atoms. The first kappa shape index (κ1) is 13.4. The fourth-order valence-corrected chi connectivity index (χ4v) is 2.33. The number of benzene rings is 1. The van der Waals surface area contributed by atoms with Gasteiger partial charge >= 0.3 is 5.97 Å². The molecule has 0 atom stereocenters. The lowest BCUT2D eigenvalue weighted by molar-refractivity contribution is -0.135. The van der Waals surface area contributed by atoms with Crippen molar-refractivity contribution in [3.05, 3.63) is 24.3 Å². The maximum atomic E-state index is 10.2. The predicted octanol–water partition coefficient (Wildman–Crippen LogP) is 2.17. The molecule has 0 heterocycles. The summed E-state index contributed by atoms with van der Waals surface area (Å²) in [5, 5.41) is 11.3. The quantitative estimate of drug-likeness (QED) is 0.579. The SMILES string of the molecule is CSc1ccc(SCCNCC(=O)O)cc1. The summed E-state index contributed by atoms with van der Waals surface area (Å²) in [5.41, 5.74) is 0. The molecule has 0 unspecified atom stereocenters. The average Bonchev–Trinajstić information content (AvgIpc) is 2.29. The van der Waals surface area contributed by atoms with Gasteiger partial charge in [-0.2, -0.15) is 0 Å². The van der Waals surface area contributed by atoms with Crippen LogP contribution in [0.3, 0.4) is 0 Å². The van der Waals surface area contributed by atoms with Gasteiger partial charge < -0.3 is 10.4 Å². The van der Waals surface area contributed by atoms with Crippen molar-refractivity contribution in [2.24, 2.45) is 0 Å². The minimum atomic E-state index is -0.811. The Bertz CT molecular complexity index is 327. The van der Waals surface area contributed by atoms with Gasteiger partial charge in [0, 0.05) is 22.1 Å². The van der Waals surface area contributed by atoms with E-state index >= 15 is 0 Å². The number of carboxylic acid groups (broad SMARTS) is 1. The predicted molar refractivity (Wildman–Crippen MR) is 69.5 cm³/mol. The van der Waals surface area contributed by atoms with Gasteiger partial charge in [-0.1, -0.05) is 0 Å². The number of carbonyl (C=O) groups is 1. The third-order valence-corrected chi connectivity index (χ3v) is 3.64. The highest BCUT2D eigenvalue weighted by molar-refractivity contribution is 7.99. The van der Waals surface area contributed by atoms with E-state index in [0.29, 0.717) is 6.54 Å². The number of hydrogen-bond donors (Lipinski definition) is 2. The Morgan fingerprint density at radius 3 is 2.50 bits per heavy atom. The standard InChI is InChI=1S/C11H15NO2S2/c1-15-9-2-4-10(5-3-9)16-7-6-12-8-11(13)14/h2-5,12H,6-8H2,1H3,(H,13,14). The molecule has 3 nitrogen and oxygen atoms in total. The van der Waals surface area contributed by atoms with Crippen molar-refractivity contribution in [2.45, 2.75) is 9.79 Å². The normalized spacial score (nSPS) is 10.3. The van der Waals surface area contributed by atoms with Crippen molar-refractivity contribution in [3.63, 3.8) is 0 Å². The topological polar surface area (TPSA) is 49.3 Å². The summed E-state index contributed by atoms with van der Waals surface area (Å²) in [4.78, 5) is 12.7. The summed E-state index contributed by atoms with van der Waals surface area (Å²) in [6, 6.07) is 8.37. The number of nitrogens with one attached hydrogen (secondary N) is 1. The second kappa shape index (κ2) is 7.60. The zero-order valence-corrected chi connectivity index (χ0v) is 10.7. The fourth-order valence-electron chi connectivity index (χ4n) is 1.11. The molecule has 1 aromatic carbocycles. The van der Waals surface area contributed by atoms with Gasteiger partial charge in [0.2, 0.25) is 0 Å². The molecule has 0 saturated carbocycles. The number of aliphatic carboxylic acids is 1. The van der Waals surface area contributed by atoms with E-state index in [-0.39, 0.29) is 6.54 Å². The molecule has 0 aliphatic carbocycles. The molecule has 0 aliphatic rings. The van der Waals surface area contributed by atoms with E-state index in [4.69, 9.17) is 5.11 Å². The van der Waals surface area contributed by atoms with Gasteiger partial charge in [0.1, 0.15) is 0 Å². The number of thioether (sulfide) groups is 2. The molecule has 88 valence electrons. The number of carboxylic acids is 1. The van der Waals surface area contributed by atoms with Gasteiger partial charge in [-0.05, 0) is 30.5 Å². The zero-order valence-electron chi connectivity index (χ0n) is 9.10. The highest BCUT2D eigenvalue weighted by Gasteiger charge is 1.97. The molecule has 0 radical (unpaired) electrons. The zero-order chi connectivity index (χ0) is 11.8. The lowest BCUT2D eigenvalue weighted by Gasteiger charge is -2.03. The Labute approximate surface area is 104 Å². The van der Waals surface area contributed by atoms with E-state index in [1.54, 1.807) is 23.5 Å². The van der Waals surface area contributed by atoms with E-state index in [1.807, 2.05) is 0 Å². The summed E-state index contributed by atoms with van der Waals surface area (Å²) in [6.45, 7) is 0.743. The van der Waals surface area contributed by atoms with Crippen LogP contribution in [0.15, 0.2) is 34.1 Å². The molecular weight excluding hydrogens is 242 g/mol. The van der Waals surface area contributed by atoms with E-state index in [9.17, 15) is 4.79 Å². The number of rotatable bonds is 7. The minimum absolute atomic E-state index is 0.0337. The minimum Gasteiger partial charge on any atom is -0.480 e. The van der Waals surface area contributed by atoms with Crippen molar-refractivity contribution < 1.29 is 9.90 Å². The van der Waals surface area contributed by atoms with Gasteiger partial charge in [0.25, 0.3) is 0 Å². The van der Waals surface area contributed by atoms with Crippen molar-refractivity contribution in [1.82, 2.24) is 5.32 Å². The first-order valence-electron chi connectivity index (χ1n) is 4.91. The van der Waals surface area contributed by atoms with Gasteiger partial charge in [-0.15, -0.1) is 23.5 Å². The molecule has 0 saturated heterocycles. The molecular formula is C11H15NO2S2. The number of hydrogen-bond acceptors (Lipinski definition) is 4. The van der Waals surface area contributed by atoms with Gasteiger partial charge in [0.15, 0.2) is 0 Å². The van der Waals surface area contributed by atoms with Crippen LogP contribution in [-0.4, -0.2) is 36.2 Å². The van der Waals surface area contributed by atoms with Crippen LogP contribution in [0, 0.1) is 0 Å². The molecule has 0 fully saturated rings. The summed E-state index contributed by atoms with van der Waals surface area (Å²) < 4.78 is 0. The Kier molecular flexibility index (Phi) is 6.37. The first-order chi connectivity index (χ1) is 7.72. The first-order valence-corrected chi connectivity index (χ1v) is 7.13. The molecule has 1 aromatic rings. The monoisotopic (exact) mass is 257 g/mol. The molecule has 0 bridgehead atoms. The molecule has 0 aromatic heterocycles. The van der Waals surface area contributed by atoms with Crippen molar-refractivity contribution >= 4 is 29.5 Å². The maximum absolute atomic E-state index is 10.2. The van der Waals surface area contributed by atoms with Crippen LogP contribution >= 0.6 is 23.5 Å². The maximum Gasteiger partial charge on any atom is 0.317 e. The van der Waals surface area contributed by atoms with Crippen molar-refractivity contribution in [2.75, 3.05) is 25.1 Å². The molecule has 0 aliphatic heterocycles. The van der Waals surface area contributed by atoms with E-state index in [0.717, 1.165) is 5.75 Å². The van der Waals surface area contributed by atoms with E-state index < -0.39 is 5.97 Å². The second-order valence-electron chi connectivity index (χ2n) is 3.09.